The van der Waals surface area contributed by atoms with Crippen LogP contribution in [-0.4, -0.2) is 58.9 Å². The van der Waals surface area contributed by atoms with Crippen LogP contribution < -0.4 is 25.5 Å². The number of fused-ring (bicyclic) bond motifs is 4. The number of nitrogens with one attached hydrogen (secondary N) is 1. The van der Waals surface area contributed by atoms with Gasteiger partial charge in [0.1, 0.15) is 0 Å². The molecule has 4 heterocycles. The van der Waals surface area contributed by atoms with Gasteiger partial charge in [0.2, 0.25) is 11.8 Å². The molecule has 0 aliphatic carbocycles. The van der Waals surface area contributed by atoms with Gasteiger partial charge in [0.25, 0.3) is 20.2 Å². The third kappa shape index (κ3) is 4.80. The minimum atomic E-state index is -5.05. The molecular weight excluding hydrogens is 691 g/mol. The van der Waals surface area contributed by atoms with Gasteiger partial charge in [-0.1, -0.05) is 39.8 Å². The molecule has 0 amide bonds. The maximum Gasteiger partial charge on any atom is 0.363 e. The fourth-order valence-electron chi connectivity index (χ4n) is 6.77. The number of anilines is 1. The zero-order chi connectivity index (χ0) is 36.5. The van der Waals surface area contributed by atoms with Gasteiger partial charge in [-0.05, 0) is 54.8 Å². The highest BCUT2D eigenvalue weighted by atomic mass is 32.2. The number of rotatable bonds is 5. The fourth-order valence-corrected chi connectivity index (χ4v) is 8.38. The van der Waals surface area contributed by atoms with Crippen LogP contribution in [0, 0.1) is 0 Å². The Morgan fingerprint density at radius 1 is 0.860 bits per heavy atom. The number of hydrogen-bond donors (Lipinski definition) is 5. The monoisotopic (exact) mass is 723 g/mol. The number of nitrogens with zero attached hydrogens (tertiary/aromatic N) is 2. The lowest BCUT2D eigenvalue weighted by Gasteiger charge is -2.29. The summed E-state index contributed by atoms with van der Waals surface area (Å²) in [6.07, 6.45) is 0. The molecular formula is C34H33N3O11S2. The highest BCUT2D eigenvalue weighted by Crippen LogP contribution is 2.52. The van der Waals surface area contributed by atoms with Crippen molar-refractivity contribution in [3.05, 3.63) is 86.9 Å². The standard InChI is InChI=1S/C34H33N3O11S2/c1-15-33(3,4)21-13-19-25(17-7-9-18(10-8-17)32(40)48-37-23(38)11-12-24(37)39)20-14-22-27(36-16(2)34(22,5)6)31(50(44,45)46)29(20)47-28(19)30(26(21)35-15)49(41,42)43/h7-16,35,38-39H,1-6H3,(H,41,42,43)(H,44,45,46). The van der Waals surface area contributed by atoms with Crippen LogP contribution in [0.4, 0.5) is 5.69 Å². The van der Waals surface area contributed by atoms with Gasteiger partial charge in [0.05, 0.1) is 22.6 Å². The summed E-state index contributed by atoms with van der Waals surface area (Å²) >= 11 is 0. The molecule has 0 saturated heterocycles. The molecule has 2 unspecified atom stereocenters. The fraction of sp³-hybridized carbons (Fsp3) is 0.294. The first-order chi connectivity index (χ1) is 23.1. The average Bonchev–Trinajstić information content (AvgIpc) is 3.53. The Morgan fingerprint density at radius 3 is 2.04 bits per heavy atom. The van der Waals surface area contributed by atoms with E-state index in [4.69, 9.17) is 9.57 Å². The third-order valence-electron chi connectivity index (χ3n) is 10.3. The summed E-state index contributed by atoms with van der Waals surface area (Å²) in [7, 11) is -10.1. The molecule has 4 aromatic rings. The second kappa shape index (κ2) is 10.6. The van der Waals surface area contributed by atoms with Crippen LogP contribution in [0.25, 0.3) is 5.57 Å². The number of carbonyl (C=O) groups is 1. The molecule has 1 aromatic heterocycles. The predicted molar refractivity (Wildman–Crippen MR) is 179 cm³/mol. The van der Waals surface area contributed by atoms with Crippen LogP contribution in [0.15, 0.2) is 63.3 Å². The van der Waals surface area contributed by atoms with Crippen molar-refractivity contribution in [2.24, 2.45) is 4.99 Å². The molecule has 50 heavy (non-hydrogen) atoms. The maximum absolute atomic E-state index is 13.2. The molecule has 262 valence electrons. The van der Waals surface area contributed by atoms with Gasteiger partial charge in [0, 0.05) is 45.4 Å². The highest BCUT2D eigenvalue weighted by molar-refractivity contribution is 7.86. The minimum Gasteiger partial charge on any atom is -0.492 e. The highest BCUT2D eigenvalue weighted by Gasteiger charge is 2.45. The zero-order valence-electron chi connectivity index (χ0n) is 27.6. The van der Waals surface area contributed by atoms with Gasteiger partial charge >= 0.3 is 5.97 Å². The number of ether oxygens (including phenoxy) is 1. The molecule has 16 heteroatoms. The van der Waals surface area contributed by atoms with Crippen molar-refractivity contribution in [1.29, 1.82) is 0 Å². The predicted octanol–water partition coefficient (Wildman–Crippen LogP) is 3.41. The molecule has 0 radical (unpaired) electrons. The smallest absolute Gasteiger partial charge is 0.363 e. The first kappa shape index (κ1) is 33.6. The Kier molecular flexibility index (Phi) is 7.09. The number of benzene rings is 3. The molecule has 0 spiro atoms. The van der Waals surface area contributed by atoms with Crippen molar-refractivity contribution in [2.75, 3.05) is 5.32 Å². The van der Waals surface area contributed by atoms with E-state index in [1.807, 2.05) is 34.6 Å². The number of aromatic nitrogens is 1. The lowest BCUT2D eigenvalue weighted by Crippen LogP contribution is -2.33. The van der Waals surface area contributed by atoms with Crippen molar-refractivity contribution in [1.82, 2.24) is 4.73 Å². The summed E-state index contributed by atoms with van der Waals surface area (Å²) in [5.74, 6) is -2.73. The van der Waals surface area contributed by atoms with Gasteiger partial charge in [-0.3, -0.25) is 14.1 Å². The summed E-state index contributed by atoms with van der Waals surface area (Å²) < 4.78 is 80.8. The average molecular weight is 724 g/mol. The topological polar surface area (TPSA) is 214 Å². The maximum atomic E-state index is 13.2. The van der Waals surface area contributed by atoms with Gasteiger partial charge in [-0.15, -0.1) is 4.73 Å². The Hall–Kier alpha value is -4.90. The van der Waals surface area contributed by atoms with E-state index < -0.39 is 64.6 Å². The van der Waals surface area contributed by atoms with Crippen LogP contribution in [0.3, 0.4) is 0 Å². The molecule has 3 aromatic carbocycles. The van der Waals surface area contributed by atoms with E-state index in [1.165, 1.54) is 24.3 Å². The number of carbonyl (C=O) groups excluding carboxylic acids is 1. The first-order valence-electron chi connectivity index (χ1n) is 15.5. The van der Waals surface area contributed by atoms with Gasteiger partial charge < -0.3 is 25.1 Å². The normalized spacial score (nSPS) is 19.7. The van der Waals surface area contributed by atoms with E-state index >= 15 is 0 Å². The Bertz CT molecular complexity index is 2520. The second-order valence-corrected chi connectivity index (χ2v) is 16.5. The van der Waals surface area contributed by atoms with Crippen molar-refractivity contribution in [3.63, 3.8) is 0 Å². The molecule has 0 fully saturated rings. The van der Waals surface area contributed by atoms with Gasteiger partial charge in [-0.2, -0.15) is 16.8 Å². The van der Waals surface area contributed by atoms with Crippen molar-refractivity contribution < 1.29 is 50.5 Å². The molecule has 3 aliphatic heterocycles. The summed E-state index contributed by atoms with van der Waals surface area (Å²) in [6.45, 7) is 11.2. The molecule has 5 N–H and O–H groups in total. The van der Waals surface area contributed by atoms with E-state index in [0.717, 1.165) is 12.1 Å². The molecule has 0 bridgehead atoms. The molecule has 14 nitrogen and oxygen atoms in total. The number of aromatic hydroxyl groups is 2. The summed E-state index contributed by atoms with van der Waals surface area (Å²) in [5.41, 5.74) is 0.660. The SMILES string of the molecule is CC1N=c2c(cc3c(c2S(=O)(=O)O)Oc2c(cc4c(c2S(=O)(=O)O)NC(C)C4(C)C)C=3c2ccc(C(=O)On3c(O)ccc3O)cc2)C1(C)C. The van der Waals surface area contributed by atoms with Crippen molar-refractivity contribution in [2.45, 2.75) is 74.2 Å². The Balaban J connectivity index is 1.57. The van der Waals surface area contributed by atoms with Gasteiger partial charge in [-0.25, -0.2) is 4.79 Å². The summed E-state index contributed by atoms with van der Waals surface area (Å²) in [4.78, 5) is 21.4. The van der Waals surface area contributed by atoms with Crippen LogP contribution in [0.2, 0.25) is 0 Å². The second-order valence-electron chi connectivity index (χ2n) is 13.8. The zero-order valence-corrected chi connectivity index (χ0v) is 29.3. The largest absolute Gasteiger partial charge is 0.492 e. The summed E-state index contributed by atoms with van der Waals surface area (Å²) in [5, 5.41) is 23.1. The lowest BCUT2D eigenvalue weighted by atomic mass is 9.78. The molecule has 7 rings (SSSR count). The minimum absolute atomic E-state index is 0.00225. The van der Waals surface area contributed by atoms with Gasteiger partial charge in [0.15, 0.2) is 21.3 Å². The quantitative estimate of drug-likeness (QED) is 0.165. The van der Waals surface area contributed by atoms with E-state index in [9.17, 15) is 40.9 Å². The van der Waals surface area contributed by atoms with E-state index in [-0.39, 0.29) is 50.5 Å². The van der Waals surface area contributed by atoms with E-state index in [1.54, 1.807) is 19.1 Å². The molecule has 2 atom stereocenters. The molecule has 3 aliphatic rings. The first-order valence-corrected chi connectivity index (χ1v) is 18.4. The van der Waals surface area contributed by atoms with E-state index in [2.05, 4.69) is 10.3 Å². The van der Waals surface area contributed by atoms with E-state index in [0.29, 0.717) is 21.4 Å². The summed E-state index contributed by atoms with van der Waals surface area (Å²) in [6, 6.07) is 10.8. The van der Waals surface area contributed by atoms with Crippen LogP contribution >= 0.6 is 0 Å². The van der Waals surface area contributed by atoms with Crippen molar-refractivity contribution in [3.8, 4) is 23.3 Å². The van der Waals surface area contributed by atoms with Crippen LogP contribution in [-0.2, 0) is 31.1 Å². The van der Waals surface area contributed by atoms with Crippen molar-refractivity contribution >= 4 is 37.5 Å². The number of hydrogen-bond acceptors (Lipinski definition) is 11. The Labute approximate surface area is 286 Å². The van der Waals surface area contributed by atoms with Crippen LogP contribution in [0.1, 0.15) is 74.2 Å². The lowest BCUT2D eigenvalue weighted by molar-refractivity contribution is 0.0381. The third-order valence-corrected chi connectivity index (χ3v) is 12.1. The van der Waals surface area contributed by atoms with Crippen LogP contribution in [0.5, 0.6) is 23.3 Å². The Morgan fingerprint density at radius 2 is 1.46 bits per heavy atom. The molecule has 0 saturated carbocycles.